The van der Waals surface area contributed by atoms with Crippen LogP contribution >= 0.6 is 0 Å². The van der Waals surface area contributed by atoms with Gasteiger partial charge in [0.15, 0.2) is 5.76 Å². The summed E-state index contributed by atoms with van der Waals surface area (Å²) in [5.74, 6) is -0.542. The summed E-state index contributed by atoms with van der Waals surface area (Å²) in [6.07, 6.45) is 2.89. The van der Waals surface area contributed by atoms with Crippen LogP contribution in [0.5, 0.6) is 0 Å². The highest BCUT2D eigenvalue weighted by molar-refractivity contribution is 6.06. The quantitative estimate of drug-likeness (QED) is 0.354. The van der Waals surface area contributed by atoms with Crippen molar-refractivity contribution in [2.45, 2.75) is 0 Å². The maximum Gasteiger partial charge on any atom is 0.289 e. The zero-order chi connectivity index (χ0) is 20.8. The SMILES string of the molecule is N#C/C(=C/N1CCN(C(=O)c2ccco2)CC1)C(=O)Nc1ccc([N+](=O)[O-])cc1. The highest BCUT2D eigenvalue weighted by Crippen LogP contribution is 2.16. The zero-order valence-corrected chi connectivity index (χ0v) is 15.3. The molecule has 1 aromatic carbocycles. The molecule has 0 bridgehead atoms. The molecule has 2 aromatic rings. The summed E-state index contributed by atoms with van der Waals surface area (Å²) < 4.78 is 5.12. The zero-order valence-electron chi connectivity index (χ0n) is 15.3. The molecule has 1 aliphatic heterocycles. The van der Waals surface area contributed by atoms with Gasteiger partial charge in [0.2, 0.25) is 0 Å². The maximum absolute atomic E-state index is 12.3. The number of benzene rings is 1. The van der Waals surface area contributed by atoms with Crippen molar-refractivity contribution >= 4 is 23.2 Å². The Morgan fingerprint density at radius 3 is 2.41 bits per heavy atom. The molecule has 10 nitrogen and oxygen atoms in total. The van der Waals surface area contributed by atoms with Gasteiger partial charge in [0.05, 0.1) is 11.2 Å². The first-order valence-electron chi connectivity index (χ1n) is 8.72. The average molecular weight is 395 g/mol. The lowest BCUT2D eigenvalue weighted by Crippen LogP contribution is -2.47. The molecule has 3 rings (SSSR count). The molecular weight excluding hydrogens is 378 g/mol. The first-order valence-corrected chi connectivity index (χ1v) is 8.72. The standard InChI is InChI=1S/C19H17N5O5/c20-12-14(18(25)21-15-3-5-16(6-4-15)24(27)28)13-22-7-9-23(10-8-22)19(26)17-2-1-11-29-17/h1-6,11,13H,7-10H2,(H,21,25)/b14-13-. The molecule has 0 spiro atoms. The molecule has 1 aliphatic rings. The van der Waals surface area contributed by atoms with Gasteiger partial charge in [-0.15, -0.1) is 0 Å². The summed E-state index contributed by atoms with van der Waals surface area (Å²) in [6, 6.07) is 10.4. The second kappa shape index (κ2) is 8.71. The Balaban J connectivity index is 1.58. The van der Waals surface area contributed by atoms with Crippen LogP contribution in [0.4, 0.5) is 11.4 Å². The molecule has 1 fully saturated rings. The number of non-ortho nitro benzene ring substituents is 1. The minimum Gasteiger partial charge on any atom is -0.459 e. The predicted octanol–water partition coefficient (Wildman–Crippen LogP) is 1.99. The molecule has 10 heteroatoms. The van der Waals surface area contributed by atoms with Crippen LogP contribution in [0.15, 0.2) is 58.9 Å². The Hall–Kier alpha value is -4.13. The Kier molecular flexibility index (Phi) is 5.89. The van der Waals surface area contributed by atoms with Crippen molar-refractivity contribution in [1.82, 2.24) is 9.80 Å². The Morgan fingerprint density at radius 2 is 1.86 bits per heavy atom. The third-order valence-corrected chi connectivity index (χ3v) is 4.35. The number of piperazine rings is 1. The number of anilines is 1. The number of nitriles is 1. The Morgan fingerprint density at radius 1 is 1.17 bits per heavy atom. The summed E-state index contributed by atoms with van der Waals surface area (Å²) in [6.45, 7) is 1.78. The number of carbonyl (C=O) groups excluding carboxylic acids is 2. The smallest absolute Gasteiger partial charge is 0.289 e. The van der Waals surface area contributed by atoms with Gasteiger partial charge < -0.3 is 19.5 Å². The summed E-state index contributed by atoms with van der Waals surface area (Å²) in [4.78, 5) is 38.2. The Labute approximate surface area is 165 Å². The molecule has 29 heavy (non-hydrogen) atoms. The molecule has 1 aromatic heterocycles. The van der Waals surface area contributed by atoms with Crippen molar-refractivity contribution in [1.29, 1.82) is 5.26 Å². The monoisotopic (exact) mass is 395 g/mol. The molecule has 2 heterocycles. The van der Waals surface area contributed by atoms with Crippen LogP contribution in [0.2, 0.25) is 0 Å². The average Bonchev–Trinajstić information content (AvgIpc) is 3.27. The summed E-state index contributed by atoms with van der Waals surface area (Å²) in [5.41, 5.74) is 0.144. The third-order valence-electron chi connectivity index (χ3n) is 4.35. The van der Waals surface area contributed by atoms with E-state index in [1.165, 1.54) is 36.7 Å². The fourth-order valence-electron chi connectivity index (χ4n) is 2.80. The molecular formula is C19H17N5O5. The number of nitrogens with zero attached hydrogens (tertiary/aromatic N) is 4. The highest BCUT2D eigenvalue weighted by atomic mass is 16.6. The second-order valence-corrected chi connectivity index (χ2v) is 6.22. The topological polar surface area (TPSA) is 133 Å². The highest BCUT2D eigenvalue weighted by Gasteiger charge is 2.23. The number of nitrogens with one attached hydrogen (secondary N) is 1. The summed E-state index contributed by atoms with van der Waals surface area (Å²) in [5, 5.41) is 22.5. The number of carbonyl (C=O) groups is 2. The minimum atomic E-state index is -0.615. The van der Waals surface area contributed by atoms with Gasteiger partial charge in [-0.3, -0.25) is 19.7 Å². The second-order valence-electron chi connectivity index (χ2n) is 6.22. The van der Waals surface area contributed by atoms with Crippen LogP contribution in [0.1, 0.15) is 10.6 Å². The Bertz CT molecular complexity index is 967. The number of nitro benzene ring substituents is 1. The predicted molar refractivity (Wildman–Crippen MR) is 102 cm³/mol. The first-order chi connectivity index (χ1) is 14.0. The normalized spacial score (nSPS) is 14.2. The van der Waals surface area contributed by atoms with E-state index in [1.54, 1.807) is 21.9 Å². The third kappa shape index (κ3) is 4.78. The van der Waals surface area contributed by atoms with Gasteiger partial charge in [0.25, 0.3) is 17.5 Å². The number of amides is 2. The van der Waals surface area contributed by atoms with Crippen LogP contribution in [0.25, 0.3) is 0 Å². The summed E-state index contributed by atoms with van der Waals surface area (Å²) >= 11 is 0. The lowest BCUT2D eigenvalue weighted by molar-refractivity contribution is -0.384. The van der Waals surface area contributed by atoms with Crippen molar-refractivity contribution in [3.63, 3.8) is 0 Å². The van der Waals surface area contributed by atoms with E-state index in [1.807, 2.05) is 6.07 Å². The number of hydrogen-bond acceptors (Lipinski definition) is 7. The number of hydrogen-bond donors (Lipinski definition) is 1. The van der Waals surface area contributed by atoms with E-state index in [0.29, 0.717) is 31.9 Å². The van der Waals surface area contributed by atoms with Crippen molar-refractivity contribution in [2.24, 2.45) is 0 Å². The van der Waals surface area contributed by atoms with Crippen LogP contribution in [0.3, 0.4) is 0 Å². The largest absolute Gasteiger partial charge is 0.459 e. The summed E-state index contributed by atoms with van der Waals surface area (Å²) in [7, 11) is 0. The van der Waals surface area contributed by atoms with Crippen LogP contribution in [-0.4, -0.2) is 52.7 Å². The maximum atomic E-state index is 12.3. The molecule has 0 unspecified atom stereocenters. The minimum absolute atomic E-state index is 0.0963. The fraction of sp³-hybridized carbons (Fsp3) is 0.211. The van der Waals surface area contributed by atoms with E-state index in [4.69, 9.17) is 4.42 Å². The van der Waals surface area contributed by atoms with Gasteiger partial charge in [-0.05, 0) is 24.3 Å². The molecule has 1 N–H and O–H groups in total. The molecule has 2 amide bonds. The first kappa shape index (κ1) is 19.6. The molecule has 0 aliphatic carbocycles. The molecule has 0 radical (unpaired) electrons. The van der Waals surface area contributed by atoms with Gasteiger partial charge in [-0.1, -0.05) is 0 Å². The van der Waals surface area contributed by atoms with Crippen LogP contribution in [0, 0.1) is 21.4 Å². The van der Waals surface area contributed by atoms with Crippen molar-refractivity contribution in [3.05, 3.63) is 70.3 Å². The fourth-order valence-corrected chi connectivity index (χ4v) is 2.80. The molecule has 148 valence electrons. The van der Waals surface area contributed by atoms with Gasteiger partial charge in [0.1, 0.15) is 11.6 Å². The number of furan rings is 1. The van der Waals surface area contributed by atoms with Crippen molar-refractivity contribution in [3.8, 4) is 6.07 Å². The molecule has 0 atom stereocenters. The van der Waals surface area contributed by atoms with Gasteiger partial charge in [-0.2, -0.15) is 5.26 Å². The van der Waals surface area contributed by atoms with Gasteiger partial charge >= 0.3 is 0 Å². The molecule has 1 saturated heterocycles. The molecule has 0 saturated carbocycles. The lowest BCUT2D eigenvalue weighted by Gasteiger charge is -2.33. The van der Waals surface area contributed by atoms with E-state index >= 15 is 0 Å². The van der Waals surface area contributed by atoms with E-state index in [-0.39, 0.29) is 22.9 Å². The van der Waals surface area contributed by atoms with E-state index in [9.17, 15) is 25.0 Å². The van der Waals surface area contributed by atoms with Crippen LogP contribution < -0.4 is 5.32 Å². The van der Waals surface area contributed by atoms with E-state index in [2.05, 4.69) is 5.32 Å². The van der Waals surface area contributed by atoms with E-state index in [0.717, 1.165) is 0 Å². The van der Waals surface area contributed by atoms with E-state index < -0.39 is 10.8 Å². The van der Waals surface area contributed by atoms with Gasteiger partial charge in [0, 0.05) is 50.2 Å². The number of nitro groups is 1. The number of rotatable bonds is 5. The van der Waals surface area contributed by atoms with Crippen LogP contribution in [-0.2, 0) is 4.79 Å². The lowest BCUT2D eigenvalue weighted by atomic mass is 10.2. The van der Waals surface area contributed by atoms with Crippen molar-refractivity contribution in [2.75, 3.05) is 31.5 Å². The van der Waals surface area contributed by atoms with Gasteiger partial charge in [-0.25, -0.2) is 0 Å². The van der Waals surface area contributed by atoms with Crippen molar-refractivity contribution < 1.29 is 18.9 Å².